The molecule has 0 saturated heterocycles. The molecule has 0 unspecified atom stereocenters. The van der Waals surface area contributed by atoms with E-state index in [0.717, 1.165) is 16.7 Å². The Labute approximate surface area is 134 Å². The normalized spacial score (nSPS) is 9.48. The minimum absolute atomic E-state index is 0.118. The Balaban J connectivity index is 2.09. The number of hydrogen-bond donors (Lipinski definition) is 3. The average molecular weight is 307 g/mol. The summed E-state index contributed by atoms with van der Waals surface area (Å²) in [7, 11) is 0. The van der Waals surface area contributed by atoms with Gasteiger partial charge in [-0.25, -0.2) is 5.84 Å². The van der Waals surface area contributed by atoms with Crippen molar-refractivity contribution >= 4 is 17.5 Å². The number of nitrogens with one attached hydrogen (secondary N) is 2. The highest BCUT2D eigenvalue weighted by molar-refractivity contribution is 5.88. The largest absolute Gasteiger partial charge is 0.326 e. The SMILES string of the molecule is CC(=O)Nc1cccc(C#Cc2ccc(CC(=O)NN)cc2)c1. The molecule has 4 N–H and O–H groups in total. The van der Waals surface area contributed by atoms with Crippen LogP contribution in [-0.4, -0.2) is 11.8 Å². The van der Waals surface area contributed by atoms with Gasteiger partial charge in [0.15, 0.2) is 0 Å². The molecule has 0 atom stereocenters. The lowest BCUT2D eigenvalue weighted by molar-refractivity contribution is -0.120. The second-order valence-corrected chi connectivity index (χ2v) is 4.95. The third kappa shape index (κ3) is 5.30. The number of hydrazine groups is 1. The summed E-state index contributed by atoms with van der Waals surface area (Å²) in [4.78, 5) is 22.2. The number of nitrogens with two attached hydrogens (primary N) is 1. The molecule has 2 rings (SSSR count). The number of carbonyl (C=O) groups excluding carboxylic acids is 2. The van der Waals surface area contributed by atoms with E-state index in [1.54, 1.807) is 0 Å². The van der Waals surface area contributed by atoms with Crippen LogP contribution in [0.15, 0.2) is 48.5 Å². The predicted molar refractivity (Wildman–Crippen MR) is 89.2 cm³/mol. The molecule has 0 saturated carbocycles. The zero-order valence-corrected chi connectivity index (χ0v) is 12.7. The maximum Gasteiger partial charge on any atom is 0.238 e. The van der Waals surface area contributed by atoms with Crippen molar-refractivity contribution in [2.75, 3.05) is 5.32 Å². The van der Waals surface area contributed by atoms with Gasteiger partial charge in [-0.1, -0.05) is 30.0 Å². The maximum absolute atomic E-state index is 11.2. The van der Waals surface area contributed by atoms with Gasteiger partial charge in [-0.2, -0.15) is 0 Å². The molecule has 116 valence electrons. The van der Waals surface area contributed by atoms with Crippen molar-refractivity contribution < 1.29 is 9.59 Å². The van der Waals surface area contributed by atoms with Gasteiger partial charge in [-0.15, -0.1) is 0 Å². The Morgan fingerprint density at radius 1 is 1.04 bits per heavy atom. The Morgan fingerprint density at radius 3 is 2.39 bits per heavy atom. The van der Waals surface area contributed by atoms with Crippen LogP contribution in [0, 0.1) is 11.8 Å². The van der Waals surface area contributed by atoms with Gasteiger partial charge in [0.05, 0.1) is 6.42 Å². The summed E-state index contributed by atoms with van der Waals surface area (Å²) in [5, 5.41) is 2.72. The summed E-state index contributed by atoms with van der Waals surface area (Å²) < 4.78 is 0. The molecule has 2 aromatic rings. The number of hydrogen-bond acceptors (Lipinski definition) is 3. The molecular weight excluding hydrogens is 290 g/mol. The van der Waals surface area contributed by atoms with E-state index in [1.807, 2.05) is 48.5 Å². The van der Waals surface area contributed by atoms with Crippen molar-refractivity contribution in [2.24, 2.45) is 5.84 Å². The van der Waals surface area contributed by atoms with Crippen LogP contribution in [0.3, 0.4) is 0 Å². The molecule has 2 amide bonds. The maximum atomic E-state index is 11.2. The zero-order chi connectivity index (χ0) is 16.7. The van der Waals surface area contributed by atoms with Crippen molar-refractivity contribution in [1.82, 2.24) is 5.43 Å². The summed E-state index contributed by atoms with van der Waals surface area (Å²) in [5.41, 5.74) is 5.33. The molecule has 0 aromatic heterocycles. The first-order valence-corrected chi connectivity index (χ1v) is 7.05. The summed E-state index contributed by atoms with van der Waals surface area (Å²) >= 11 is 0. The van der Waals surface area contributed by atoms with Crippen molar-refractivity contribution in [3.63, 3.8) is 0 Å². The highest BCUT2D eigenvalue weighted by atomic mass is 16.2. The van der Waals surface area contributed by atoms with Crippen LogP contribution in [0.4, 0.5) is 5.69 Å². The number of anilines is 1. The van der Waals surface area contributed by atoms with Crippen LogP contribution in [0.1, 0.15) is 23.6 Å². The highest BCUT2D eigenvalue weighted by Gasteiger charge is 2.00. The predicted octanol–water partition coefficient (Wildman–Crippen LogP) is 1.58. The van der Waals surface area contributed by atoms with Crippen LogP contribution in [0.5, 0.6) is 0 Å². The van der Waals surface area contributed by atoms with Gasteiger partial charge >= 0.3 is 0 Å². The Kier molecular flexibility index (Phi) is 5.50. The molecule has 0 spiro atoms. The fourth-order valence-electron chi connectivity index (χ4n) is 1.96. The minimum Gasteiger partial charge on any atom is -0.326 e. The molecule has 0 radical (unpaired) electrons. The first-order chi connectivity index (χ1) is 11.1. The van der Waals surface area contributed by atoms with Crippen LogP contribution in [0.2, 0.25) is 0 Å². The monoisotopic (exact) mass is 307 g/mol. The van der Waals surface area contributed by atoms with Gasteiger partial charge in [-0.3, -0.25) is 15.0 Å². The molecule has 2 aromatic carbocycles. The van der Waals surface area contributed by atoms with Gasteiger partial charge in [0.1, 0.15) is 0 Å². The van der Waals surface area contributed by atoms with Gasteiger partial charge in [0, 0.05) is 23.7 Å². The van der Waals surface area contributed by atoms with Crippen molar-refractivity contribution in [3.8, 4) is 11.8 Å². The topological polar surface area (TPSA) is 84.2 Å². The molecular formula is C18H17N3O2. The number of carbonyl (C=O) groups is 2. The number of benzene rings is 2. The second kappa shape index (κ2) is 7.78. The Hall–Kier alpha value is -3.10. The first kappa shape index (κ1) is 16.3. The van der Waals surface area contributed by atoms with E-state index in [1.165, 1.54) is 6.92 Å². The van der Waals surface area contributed by atoms with E-state index in [2.05, 4.69) is 22.6 Å². The zero-order valence-electron chi connectivity index (χ0n) is 12.7. The van der Waals surface area contributed by atoms with Crippen LogP contribution in [-0.2, 0) is 16.0 Å². The Morgan fingerprint density at radius 2 is 1.74 bits per heavy atom. The van der Waals surface area contributed by atoms with E-state index in [-0.39, 0.29) is 18.2 Å². The lowest BCUT2D eigenvalue weighted by Gasteiger charge is -2.01. The molecule has 0 bridgehead atoms. The summed E-state index contributed by atoms with van der Waals surface area (Å²) in [6.45, 7) is 1.46. The van der Waals surface area contributed by atoms with E-state index >= 15 is 0 Å². The quantitative estimate of drug-likeness (QED) is 0.348. The fraction of sp³-hybridized carbons (Fsp3) is 0.111. The smallest absolute Gasteiger partial charge is 0.238 e. The highest BCUT2D eigenvalue weighted by Crippen LogP contribution is 2.10. The van der Waals surface area contributed by atoms with Crippen LogP contribution in [0.25, 0.3) is 0 Å². The van der Waals surface area contributed by atoms with E-state index < -0.39 is 0 Å². The third-order valence-electron chi connectivity index (χ3n) is 3.01. The first-order valence-electron chi connectivity index (χ1n) is 7.05. The van der Waals surface area contributed by atoms with Crippen LogP contribution >= 0.6 is 0 Å². The van der Waals surface area contributed by atoms with E-state index in [0.29, 0.717) is 5.69 Å². The standard InChI is InChI=1S/C18H17N3O2/c1-13(22)20-17-4-2-3-15(11-17)8-5-14-6-9-16(10-7-14)12-18(23)21-19/h2-4,6-7,9-11H,12,19H2,1H3,(H,20,22)(H,21,23). The minimum atomic E-state index is -0.237. The Bertz CT molecular complexity index is 771. The van der Waals surface area contributed by atoms with Crippen molar-refractivity contribution in [3.05, 3.63) is 65.2 Å². The summed E-state index contributed by atoms with van der Waals surface area (Å²) in [6, 6.07) is 14.7. The lowest BCUT2D eigenvalue weighted by Crippen LogP contribution is -2.31. The number of rotatable bonds is 3. The van der Waals surface area contributed by atoms with Crippen molar-refractivity contribution in [2.45, 2.75) is 13.3 Å². The lowest BCUT2D eigenvalue weighted by atomic mass is 10.1. The molecule has 5 nitrogen and oxygen atoms in total. The van der Waals surface area contributed by atoms with Crippen molar-refractivity contribution in [1.29, 1.82) is 0 Å². The summed E-state index contributed by atoms with van der Waals surface area (Å²) in [6.07, 6.45) is 0.239. The fourth-order valence-corrected chi connectivity index (χ4v) is 1.96. The molecule has 0 aliphatic carbocycles. The van der Waals surface area contributed by atoms with Crippen LogP contribution < -0.4 is 16.6 Å². The summed E-state index contributed by atoms with van der Waals surface area (Å²) in [5.74, 6) is 10.8. The molecule has 0 heterocycles. The molecule has 5 heteroatoms. The van der Waals surface area contributed by atoms with E-state index in [9.17, 15) is 9.59 Å². The molecule has 0 aliphatic heterocycles. The van der Waals surface area contributed by atoms with E-state index in [4.69, 9.17) is 5.84 Å². The third-order valence-corrected chi connectivity index (χ3v) is 3.01. The van der Waals surface area contributed by atoms with Gasteiger partial charge in [-0.05, 0) is 35.9 Å². The molecule has 0 fully saturated rings. The second-order valence-electron chi connectivity index (χ2n) is 4.95. The van der Waals surface area contributed by atoms with Gasteiger partial charge < -0.3 is 5.32 Å². The number of amides is 2. The molecule has 0 aliphatic rings. The van der Waals surface area contributed by atoms with Gasteiger partial charge in [0.2, 0.25) is 11.8 Å². The molecule has 23 heavy (non-hydrogen) atoms. The average Bonchev–Trinajstić information content (AvgIpc) is 2.54. The van der Waals surface area contributed by atoms with Gasteiger partial charge in [0.25, 0.3) is 0 Å².